The van der Waals surface area contributed by atoms with Crippen LogP contribution < -0.4 is 0 Å². The first-order valence-corrected chi connectivity index (χ1v) is 8.77. The summed E-state index contributed by atoms with van der Waals surface area (Å²) in [5.41, 5.74) is 5.64. The molecule has 1 aliphatic rings. The van der Waals surface area contributed by atoms with Crippen LogP contribution in [0.2, 0.25) is 0 Å². The number of benzene rings is 1. The molecule has 0 amide bonds. The van der Waals surface area contributed by atoms with Crippen molar-refractivity contribution in [3.63, 3.8) is 0 Å². The molecule has 1 N–H and O–H groups in total. The van der Waals surface area contributed by atoms with Gasteiger partial charge in [0.2, 0.25) is 0 Å². The molecule has 2 atom stereocenters. The van der Waals surface area contributed by atoms with Crippen molar-refractivity contribution < 1.29 is 5.11 Å². The summed E-state index contributed by atoms with van der Waals surface area (Å²) < 4.78 is 0. The molecule has 1 aromatic carbocycles. The fourth-order valence-corrected chi connectivity index (χ4v) is 4.16. The van der Waals surface area contributed by atoms with Gasteiger partial charge in [-0.05, 0) is 65.7 Å². The molecule has 0 aliphatic heterocycles. The Morgan fingerprint density at radius 1 is 1.10 bits per heavy atom. The van der Waals surface area contributed by atoms with Gasteiger partial charge in [0, 0.05) is 0 Å². The summed E-state index contributed by atoms with van der Waals surface area (Å²) in [4.78, 5) is 0. The highest BCUT2D eigenvalue weighted by atomic mass is 16.3. The van der Waals surface area contributed by atoms with Gasteiger partial charge >= 0.3 is 0 Å². The smallest absolute Gasteiger partial charge is 0.0828 e. The second-order valence-corrected chi connectivity index (χ2v) is 7.32. The Hall–Kier alpha value is -0.820. The average Bonchev–Trinajstić information content (AvgIpc) is 2.84. The van der Waals surface area contributed by atoms with Crippen LogP contribution in [0.5, 0.6) is 0 Å². The molecular formula is C20H32O. The SMILES string of the molecule is CCc1cc(CC)c(C(O)C2CCCC2(C)C)c(CC)c1. The summed E-state index contributed by atoms with van der Waals surface area (Å²) in [6.45, 7) is 11.3. The van der Waals surface area contributed by atoms with Crippen molar-refractivity contribution >= 4 is 0 Å². The number of aliphatic hydroxyl groups is 1. The van der Waals surface area contributed by atoms with Crippen LogP contribution in [-0.2, 0) is 19.3 Å². The monoisotopic (exact) mass is 288 g/mol. The zero-order chi connectivity index (χ0) is 15.6. The zero-order valence-electron chi connectivity index (χ0n) is 14.5. The van der Waals surface area contributed by atoms with Crippen LogP contribution in [0.1, 0.15) is 82.2 Å². The van der Waals surface area contributed by atoms with E-state index in [0.717, 1.165) is 25.7 Å². The third-order valence-corrected chi connectivity index (χ3v) is 5.60. The molecule has 1 aromatic rings. The minimum Gasteiger partial charge on any atom is -0.388 e. The molecule has 0 radical (unpaired) electrons. The van der Waals surface area contributed by atoms with Gasteiger partial charge in [0.05, 0.1) is 6.10 Å². The molecule has 21 heavy (non-hydrogen) atoms. The first-order chi connectivity index (χ1) is 9.94. The molecule has 2 unspecified atom stereocenters. The van der Waals surface area contributed by atoms with Gasteiger partial charge in [-0.3, -0.25) is 0 Å². The van der Waals surface area contributed by atoms with E-state index in [9.17, 15) is 5.11 Å². The van der Waals surface area contributed by atoms with E-state index >= 15 is 0 Å². The Bertz CT molecular complexity index is 462. The van der Waals surface area contributed by atoms with Gasteiger partial charge in [-0.25, -0.2) is 0 Å². The van der Waals surface area contributed by atoms with Gasteiger partial charge in [-0.1, -0.05) is 53.2 Å². The van der Waals surface area contributed by atoms with E-state index in [1.807, 2.05) is 0 Å². The number of aliphatic hydroxyl groups excluding tert-OH is 1. The fourth-order valence-electron chi connectivity index (χ4n) is 4.16. The maximum atomic E-state index is 11.1. The Kier molecular flexibility index (Phi) is 5.14. The summed E-state index contributed by atoms with van der Waals surface area (Å²) in [6.07, 6.45) is 6.47. The number of hydrogen-bond donors (Lipinski definition) is 1. The number of rotatable bonds is 5. The van der Waals surface area contributed by atoms with Crippen molar-refractivity contribution in [2.45, 2.75) is 79.2 Å². The molecule has 0 saturated heterocycles. The molecule has 1 saturated carbocycles. The van der Waals surface area contributed by atoms with E-state index < -0.39 is 0 Å². The first kappa shape index (κ1) is 16.5. The maximum Gasteiger partial charge on any atom is 0.0828 e. The Balaban J connectivity index is 2.46. The van der Waals surface area contributed by atoms with Crippen LogP contribution >= 0.6 is 0 Å². The predicted octanol–water partition coefficient (Wildman–Crippen LogP) is 5.23. The third-order valence-electron chi connectivity index (χ3n) is 5.60. The third kappa shape index (κ3) is 3.18. The van der Waals surface area contributed by atoms with Crippen molar-refractivity contribution in [2.24, 2.45) is 11.3 Å². The number of hydrogen-bond acceptors (Lipinski definition) is 1. The quantitative estimate of drug-likeness (QED) is 0.786. The van der Waals surface area contributed by atoms with Gasteiger partial charge in [0.25, 0.3) is 0 Å². The molecule has 1 nitrogen and oxygen atoms in total. The first-order valence-electron chi connectivity index (χ1n) is 8.77. The summed E-state index contributed by atoms with van der Waals surface area (Å²) in [6, 6.07) is 4.64. The Labute approximate surface area is 130 Å². The molecule has 0 heterocycles. The second-order valence-electron chi connectivity index (χ2n) is 7.32. The number of aryl methyl sites for hydroxylation is 3. The predicted molar refractivity (Wildman–Crippen MR) is 90.7 cm³/mol. The lowest BCUT2D eigenvalue weighted by atomic mass is 9.74. The lowest BCUT2D eigenvalue weighted by molar-refractivity contribution is 0.0519. The molecule has 1 fully saturated rings. The average molecular weight is 288 g/mol. The molecule has 0 spiro atoms. The van der Waals surface area contributed by atoms with E-state index in [1.165, 1.54) is 35.1 Å². The van der Waals surface area contributed by atoms with Gasteiger partial charge in [0.1, 0.15) is 0 Å². The zero-order valence-corrected chi connectivity index (χ0v) is 14.5. The van der Waals surface area contributed by atoms with Crippen LogP contribution in [0.3, 0.4) is 0 Å². The minimum absolute atomic E-state index is 0.263. The highest BCUT2D eigenvalue weighted by Gasteiger charge is 2.40. The Morgan fingerprint density at radius 3 is 2.05 bits per heavy atom. The van der Waals surface area contributed by atoms with E-state index in [-0.39, 0.29) is 11.5 Å². The largest absolute Gasteiger partial charge is 0.388 e. The molecule has 1 aliphatic carbocycles. The van der Waals surface area contributed by atoms with Crippen LogP contribution in [-0.4, -0.2) is 5.11 Å². The van der Waals surface area contributed by atoms with Crippen LogP contribution in [0.25, 0.3) is 0 Å². The standard InChI is InChI=1S/C20H32O/c1-6-14-12-15(7-2)18(16(8-3)13-14)19(21)17-10-9-11-20(17,4)5/h12-13,17,19,21H,6-11H2,1-5H3. The lowest BCUT2D eigenvalue weighted by Crippen LogP contribution is -2.25. The molecular weight excluding hydrogens is 256 g/mol. The highest BCUT2D eigenvalue weighted by molar-refractivity contribution is 5.41. The van der Waals surface area contributed by atoms with Gasteiger partial charge in [0.15, 0.2) is 0 Å². The topological polar surface area (TPSA) is 20.2 Å². The van der Waals surface area contributed by atoms with Gasteiger partial charge in [-0.2, -0.15) is 0 Å². The molecule has 0 bridgehead atoms. The van der Waals surface area contributed by atoms with E-state index in [1.54, 1.807) is 0 Å². The lowest BCUT2D eigenvalue weighted by Gasteiger charge is -2.33. The van der Waals surface area contributed by atoms with E-state index in [4.69, 9.17) is 0 Å². The van der Waals surface area contributed by atoms with Crippen LogP contribution in [0.15, 0.2) is 12.1 Å². The van der Waals surface area contributed by atoms with E-state index in [2.05, 4.69) is 46.8 Å². The van der Waals surface area contributed by atoms with Crippen molar-refractivity contribution in [3.05, 3.63) is 34.4 Å². The molecule has 1 heteroatoms. The van der Waals surface area contributed by atoms with Gasteiger partial charge < -0.3 is 5.11 Å². The van der Waals surface area contributed by atoms with Crippen LogP contribution in [0.4, 0.5) is 0 Å². The maximum absolute atomic E-state index is 11.1. The molecule has 2 rings (SSSR count). The van der Waals surface area contributed by atoms with Crippen molar-refractivity contribution in [2.75, 3.05) is 0 Å². The summed E-state index contributed by atoms with van der Waals surface area (Å²) >= 11 is 0. The van der Waals surface area contributed by atoms with Gasteiger partial charge in [-0.15, -0.1) is 0 Å². The van der Waals surface area contributed by atoms with Crippen LogP contribution in [0, 0.1) is 11.3 Å². The summed E-state index contributed by atoms with van der Waals surface area (Å²) in [7, 11) is 0. The fraction of sp³-hybridized carbons (Fsp3) is 0.700. The van der Waals surface area contributed by atoms with Crippen molar-refractivity contribution in [1.82, 2.24) is 0 Å². The molecule has 118 valence electrons. The minimum atomic E-state index is -0.293. The Morgan fingerprint density at radius 2 is 1.67 bits per heavy atom. The summed E-state index contributed by atoms with van der Waals surface area (Å²) in [5.74, 6) is 0.403. The highest BCUT2D eigenvalue weighted by Crippen LogP contribution is 2.49. The second kappa shape index (κ2) is 6.52. The molecule has 0 aromatic heterocycles. The van der Waals surface area contributed by atoms with E-state index in [0.29, 0.717) is 5.92 Å². The summed E-state index contributed by atoms with van der Waals surface area (Å²) in [5, 5.41) is 11.1. The normalized spacial score (nSPS) is 22.5. The van der Waals surface area contributed by atoms with Crippen molar-refractivity contribution in [3.8, 4) is 0 Å². The van der Waals surface area contributed by atoms with Crippen molar-refractivity contribution in [1.29, 1.82) is 0 Å².